The third-order valence-corrected chi connectivity index (χ3v) is 3.57. The van der Waals surface area contributed by atoms with Crippen molar-refractivity contribution in [2.45, 2.75) is 19.3 Å². The van der Waals surface area contributed by atoms with E-state index in [2.05, 4.69) is 11.1 Å². The summed E-state index contributed by atoms with van der Waals surface area (Å²) in [6, 6.07) is 8.27. The third-order valence-electron chi connectivity index (χ3n) is 3.33. The van der Waals surface area contributed by atoms with Crippen LogP contribution in [-0.2, 0) is 12.8 Å². The van der Waals surface area contributed by atoms with E-state index in [0.29, 0.717) is 0 Å². The summed E-state index contributed by atoms with van der Waals surface area (Å²) >= 11 is 6.01. The Morgan fingerprint density at radius 2 is 2.31 bits per heavy atom. The van der Waals surface area contributed by atoms with E-state index in [1.165, 1.54) is 16.6 Å². The lowest BCUT2D eigenvalue weighted by Gasteiger charge is -2.15. The number of halogens is 1. The summed E-state index contributed by atoms with van der Waals surface area (Å²) in [5.41, 5.74) is 3.70. The predicted octanol–water partition coefficient (Wildman–Crippen LogP) is 3.45. The number of benzene rings is 1. The number of nitrogens with one attached hydrogen (secondary N) is 1. The summed E-state index contributed by atoms with van der Waals surface area (Å²) in [5.74, 6) is 0.163. The van der Waals surface area contributed by atoms with Crippen LogP contribution in [0, 0.1) is 17.2 Å². The number of aromatic nitrogens is 1. The molecule has 3 rings (SSSR count). The van der Waals surface area contributed by atoms with Crippen LogP contribution in [0.1, 0.15) is 17.7 Å². The largest absolute Gasteiger partial charge is 0.358 e. The zero-order valence-corrected chi connectivity index (χ0v) is 9.51. The second-order valence-corrected chi connectivity index (χ2v) is 4.78. The minimum Gasteiger partial charge on any atom is -0.358 e. The fraction of sp³-hybridized carbons (Fsp3) is 0.308. The normalized spacial score (nSPS) is 19.4. The maximum Gasteiger partial charge on any atom is 0.0659 e. The van der Waals surface area contributed by atoms with Crippen molar-refractivity contribution in [2.75, 3.05) is 0 Å². The highest BCUT2D eigenvalue weighted by atomic mass is 35.5. The van der Waals surface area contributed by atoms with Crippen molar-refractivity contribution in [2.24, 2.45) is 5.92 Å². The van der Waals surface area contributed by atoms with Gasteiger partial charge in [0, 0.05) is 28.0 Å². The van der Waals surface area contributed by atoms with Gasteiger partial charge in [-0.1, -0.05) is 11.6 Å². The van der Waals surface area contributed by atoms with Crippen LogP contribution in [0.15, 0.2) is 18.2 Å². The molecule has 0 bridgehead atoms. The third kappa shape index (κ3) is 1.40. The number of rotatable bonds is 0. The van der Waals surface area contributed by atoms with Gasteiger partial charge in [-0.25, -0.2) is 0 Å². The average molecular weight is 231 g/mol. The fourth-order valence-electron chi connectivity index (χ4n) is 2.51. The van der Waals surface area contributed by atoms with E-state index in [1.807, 2.05) is 18.2 Å². The van der Waals surface area contributed by atoms with E-state index in [9.17, 15) is 0 Å². The van der Waals surface area contributed by atoms with Crippen LogP contribution >= 0.6 is 11.6 Å². The first-order valence-corrected chi connectivity index (χ1v) is 5.84. The highest BCUT2D eigenvalue weighted by molar-refractivity contribution is 6.31. The molecule has 1 aromatic carbocycles. The molecule has 0 spiro atoms. The van der Waals surface area contributed by atoms with Gasteiger partial charge in [-0.15, -0.1) is 0 Å². The standard InChI is InChI=1S/C13H11ClN2/c14-9-2-4-12-11(6-9)10-3-1-8(7-15)5-13(10)16-12/h2,4,6,8,16H,1,3,5H2. The molecule has 0 saturated heterocycles. The number of hydrogen-bond donors (Lipinski definition) is 1. The van der Waals surface area contributed by atoms with Gasteiger partial charge in [0.2, 0.25) is 0 Å². The maximum atomic E-state index is 8.95. The van der Waals surface area contributed by atoms with Crippen LogP contribution in [0.2, 0.25) is 5.02 Å². The van der Waals surface area contributed by atoms with Crippen LogP contribution in [-0.4, -0.2) is 4.98 Å². The van der Waals surface area contributed by atoms with Gasteiger partial charge in [-0.3, -0.25) is 0 Å². The van der Waals surface area contributed by atoms with Crippen LogP contribution in [0.3, 0.4) is 0 Å². The molecule has 1 aliphatic carbocycles. The zero-order chi connectivity index (χ0) is 11.1. The van der Waals surface area contributed by atoms with Gasteiger partial charge in [0.15, 0.2) is 0 Å². The van der Waals surface area contributed by atoms with Crippen molar-refractivity contribution in [3.05, 3.63) is 34.5 Å². The molecule has 1 atom stereocenters. The number of aromatic amines is 1. The van der Waals surface area contributed by atoms with Crippen molar-refractivity contribution >= 4 is 22.5 Å². The molecule has 0 aliphatic heterocycles. The predicted molar refractivity (Wildman–Crippen MR) is 64.4 cm³/mol. The number of nitrogens with zero attached hydrogens (tertiary/aromatic N) is 1. The Balaban J connectivity index is 2.17. The second-order valence-electron chi connectivity index (χ2n) is 4.34. The Bertz CT molecular complexity index is 592. The molecule has 80 valence electrons. The quantitative estimate of drug-likeness (QED) is 0.740. The van der Waals surface area contributed by atoms with Crippen molar-refractivity contribution in [3.63, 3.8) is 0 Å². The number of aryl methyl sites for hydroxylation is 1. The molecular weight excluding hydrogens is 220 g/mol. The highest BCUT2D eigenvalue weighted by Crippen LogP contribution is 2.32. The van der Waals surface area contributed by atoms with Crippen molar-refractivity contribution in [1.29, 1.82) is 5.26 Å². The van der Waals surface area contributed by atoms with E-state index >= 15 is 0 Å². The Hall–Kier alpha value is -1.46. The van der Waals surface area contributed by atoms with Gasteiger partial charge >= 0.3 is 0 Å². The van der Waals surface area contributed by atoms with Crippen LogP contribution in [0.25, 0.3) is 10.9 Å². The van der Waals surface area contributed by atoms with E-state index in [4.69, 9.17) is 16.9 Å². The molecule has 1 heterocycles. The molecule has 1 aromatic heterocycles. The van der Waals surface area contributed by atoms with Gasteiger partial charge in [-0.05, 0) is 36.6 Å². The van der Waals surface area contributed by atoms with Crippen LogP contribution < -0.4 is 0 Å². The molecule has 0 fully saturated rings. The molecule has 3 heteroatoms. The summed E-state index contributed by atoms with van der Waals surface area (Å²) in [6.45, 7) is 0. The van der Waals surface area contributed by atoms with Gasteiger partial charge < -0.3 is 4.98 Å². The Morgan fingerprint density at radius 3 is 3.12 bits per heavy atom. The van der Waals surface area contributed by atoms with Gasteiger partial charge in [0.05, 0.1) is 12.0 Å². The van der Waals surface area contributed by atoms with Gasteiger partial charge in [0.1, 0.15) is 0 Å². The minimum absolute atomic E-state index is 0.163. The van der Waals surface area contributed by atoms with Crippen molar-refractivity contribution in [1.82, 2.24) is 4.98 Å². The van der Waals surface area contributed by atoms with E-state index in [-0.39, 0.29) is 5.92 Å². The molecule has 1 unspecified atom stereocenters. The Morgan fingerprint density at radius 1 is 1.44 bits per heavy atom. The van der Waals surface area contributed by atoms with Crippen molar-refractivity contribution < 1.29 is 0 Å². The second kappa shape index (κ2) is 3.54. The lowest BCUT2D eigenvalue weighted by Crippen LogP contribution is -2.11. The first-order valence-electron chi connectivity index (χ1n) is 5.46. The SMILES string of the molecule is N#CC1CCc2c([nH]c3ccc(Cl)cc23)C1. The summed E-state index contributed by atoms with van der Waals surface area (Å²) in [4.78, 5) is 3.40. The molecular formula is C13H11ClN2. The van der Waals surface area contributed by atoms with E-state index in [0.717, 1.165) is 29.8 Å². The van der Waals surface area contributed by atoms with E-state index in [1.54, 1.807) is 0 Å². The number of nitriles is 1. The average Bonchev–Trinajstić information content (AvgIpc) is 2.66. The van der Waals surface area contributed by atoms with Crippen molar-refractivity contribution in [3.8, 4) is 6.07 Å². The molecule has 16 heavy (non-hydrogen) atoms. The Labute approximate surface area is 98.8 Å². The molecule has 1 N–H and O–H groups in total. The molecule has 2 nitrogen and oxygen atoms in total. The molecule has 1 aliphatic rings. The lowest BCUT2D eigenvalue weighted by molar-refractivity contribution is 0.560. The van der Waals surface area contributed by atoms with Gasteiger partial charge in [0.25, 0.3) is 0 Å². The maximum absolute atomic E-state index is 8.95. The molecule has 0 saturated carbocycles. The number of H-pyrrole nitrogens is 1. The molecule has 2 aromatic rings. The monoisotopic (exact) mass is 230 g/mol. The molecule has 0 amide bonds. The summed E-state index contributed by atoms with van der Waals surface area (Å²) in [5, 5.41) is 10.9. The number of fused-ring (bicyclic) bond motifs is 3. The summed E-state index contributed by atoms with van der Waals surface area (Å²) in [6.07, 6.45) is 2.79. The van der Waals surface area contributed by atoms with Crippen LogP contribution in [0.4, 0.5) is 0 Å². The van der Waals surface area contributed by atoms with Gasteiger partial charge in [-0.2, -0.15) is 5.26 Å². The Kier molecular flexibility index (Phi) is 2.15. The topological polar surface area (TPSA) is 39.6 Å². The molecule has 0 radical (unpaired) electrons. The smallest absolute Gasteiger partial charge is 0.0659 e. The van der Waals surface area contributed by atoms with Crippen LogP contribution in [0.5, 0.6) is 0 Å². The number of hydrogen-bond acceptors (Lipinski definition) is 1. The fourth-order valence-corrected chi connectivity index (χ4v) is 2.68. The summed E-state index contributed by atoms with van der Waals surface area (Å²) < 4.78 is 0. The zero-order valence-electron chi connectivity index (χ0n) is 8.76. The summed E-state index contributed by atoms with van der Waals surface area (Å²) in [7, 11) is 0. The minimum atomic E-state index is 0.163. The lowest BCUT2D eigenvalue weighted by atomic mass is 9.88. The highest BCUT2D eigenvalue weighted by Gasteiger charge is 2.21. The first kappa shape index (κ1) is 9.74. The van der Waals surface area contributed by atoms with E-state index < -0.39 is 0 Å². The first-order chi connectivity index (χ1) is 7.78.